The van der Waals surface area contributed by atoms with E-state index in [1.165, 1.54) is 7.11 Å². The van der Waals surface area contributed by atoms with Gasteiger partial charge in [-0.15, -0.1) is 0 Å². The number of carbonyl (C=O) groups excluding carboxylic acids is 2. The van der Waals surface area contributed by atoms with Crippen LogP contribution in [0.5, 0.6) is 0 Å². The Morgan fingerprint density at radius 3 is 2.03 bits per heavy atom. The van der Waals surface area contributed by atoms with Crippen molar-refractivity contribution in [3.8, 4) is 0 Å². The maximum Gasteiger partial charge on any atom is 0.309 e. The molecule has 0 radical (unpaired) electrons. The van der Waals surface area contributed by atoms with Crippen molar-refractivity contribution in [3.63, 3.8) is 0 Å². The van der Waals surface area contributed by atoms with Crippen molar-refractivity contribution in [2.45, 2.75) is 64.3 Å². The summed E-state index contributed by atoms with van der Waals surface area (Å²) in [7, 11) is -1.76. The molecule has 1 saturated carbocycles. The zero-order valence-electron chi connectivity index (χ0n) is 21.5. The molecule has 0 heterocycles. The van der Waals surface area contributed by atoms with E-state index >= 15 is 0 Å². The quantitative estimate of drug-likeness (QED) is 0.299. The van der Waals surface area contributed by atoms with Gasteiger partial charge < -0.3 is 14.3 Å². The smallest absolute Gasteiger partial charge is 0.309 e. The second kappa shape index (κ2) is 12.0. The van der Waals surface area contributed by atoms with Gasteiger partial charge in [-0.05, 0) is 53.4 Å². The molecular formula is C29H40O5Si. The van der Waals surface area contributed by atoms with Crippen LogP contribution >= 0.6 is 0 Å². The molecule has 0 aliphatic heterocycles. The Hall–Kier alpha value is -2.44. The van der Waals surface area contributed by atoms with E-state index in [0.717, 1.165) is 36.1 Å². The molecule has 0 unspecified atom stereocenters. The Morgan fingerprint density at radius 1 is 0.943 bits per heavy atom. The first-order valence-electron chi connectivity index (χ1n) is 12.8. The fourth-order valence-corrected chi connectivity index (χ4v) is 9.57. The van der Waals surface area contributed by atoms with Crippen LogP contribution in [-0.2, 0) is 19.1 Å². The molecule has 190 valence electrons. The van der Waals surface area contributed by atoms with E-state index in [-0.39, 0.29) is 17.9 Å². The molecule has 3 atom stereocenters. The molecule has 0 saturated heterocycles. The molecule has 0 aromatic heterocycles. The first kappa shape index (κ1) is 27.1. The maximum absolute atomic E-state index is 13.0. The summed E-state index contributed by atoms with van der Waals surface area (Å²) in [5.41, 5.74) is 0. The zero-order chi connectivity index (χ0) is 25.5. The van der Waals surface area contributed by atoms with E-state index in [1.54, 1.807) is 0 Å². The first-order chi connectivity index (χ1) is 16.7. The molecule has 1 aliphatic carbocycles. The lowest BCUT2D eigenvalue weighted by Gasteiger charge is -2.44. The van der Waals surface area contributed by atoms with E-state index in [4.69, 9.17) is 9.47 Å². The molecule has 2 aromatic rings. The number of rotatable bonds is 10. The molecule has 0 bridgehead atoms. The predicted molar refractivity (Wildman–Crippen MR) is 141 cm³/mol. The van der Waals surface area contributed by atoms with Crippen molar-refractivity contribution in [2.24, 2.45) is 17.8 Å². The van der Waals surface area contributed by atoms with Crippen LogP contribution < -0.4 is 10.4 Å². The Kier molecular flexibility index (Phi) is 9.31. The molecule has 3 rings (SSSR count). The fourth-order valence-electron chi connectivity index (χ4n) is 5.74. The molecule has 0 spiro atoms. The number of methoxy groups -OCH3 is 1. The molecule has 5 nitrogen and oxygen atoms in total. The van der Waals surface area contributed by atoms with Crippen LogP contribution in [0, 0.1) is 17.8 Å². The van der Waals surface area contributed by atoms with Crippen molar-refractivity contribution < 1.29 is 23.9 Å². The third-order valence-corrected chi connectivity index (χ3v) is 12.2. The number of hydrogen-bond acceptors (Lipinski definition) is 5. The lowest BCUT2D eigenvalue weighted by molar-refractivity contribution is -0.162. The summed E-state index contributed by atoms with van der Waals surface area (Å²) in [6, 6.07) is 20.0. The van der Waals surface area contributed by atoms with Crippen molar-refractivity contribution in [2.75, 3.05) is 13.7 Å². The van der Waals surface area contributed by atoms with Crippen LogP contribution in [0.1, 0.15) is 59.3 Å². The van der Waals surface area contributed by atoms with E-state index in [2.05, 4.69) is 13.8 Å². The van der Waals surface area contributed by atoms with E-state index in [0.29, 0.717) is 19.4 Å². The van der Waals surface area contributed by atoms with Crippen LogP contribution in [0.3, 0.4) is 0 Å². The summed E-state index contributed by atoms with van der Waals surface area (Å²) in [5.74, 6) is -1.40. The topological polar surface area (TPSA) is 72.8 Å². The van der Waals surface area contributed by atoms with Crippen molar-refractivity contribution >= 4 is 30.6 Å². The van der Waals surface area contributed by atoms with Gasteiger partial charge in [-0.2, -0.15) is 0 Å². The molecule has 1 N–H and O–H groups in total. The highest BCUT2D eigenvalue weighted by atomic mass is 28.4. The van der Waals surface area contributed by atoms with Crippen molar-refractivity contribution in [1.82, 2.24) is 0 Å². The van der Waals surface area contributed by atoms with E-state index < -0.39 is 25.2 Å². The summed E-state index contributed by atoms with van der Waals surface area (Å²) in [6.07, 6.45) is 4.49. The predicted octanol–water partition coefficient (Wildman–Crippen LogP) is 4.46. The van der Waals surface area contributed by atoms with Crippen LogP contribution in [-0.4, -0.2) is 38.8 Å². The van der Waals surface area contributed by atoms with Gasteiger partial charge in [0.25, 0.3) is 8.32 Å². The zero-order valence-corrected chi connectivity index (χ0v) is 22.5. The highest BCUT2D eigenvalue weighted by Crippen LogP contribution is 2.47. The lowest BCUT2D eigenvalue weighted by Crippen LogP contribution is -2.65. The Labute approximate surface area is 211 Å². The molecular weight excluding hydrogens is 456 g/mol. The number of hydrogen-bond donors (Lipinski definition) is 1. The number of unbranched alkanes of at least 4 members (excludes halogenated alkanes) is 1. The highest BCUT2D eigenvalue weighted by molar-refractivity contribution is 6.98. The summed E-state index contributed by atoms with van der Waals surface area (Å²) >= 11 is 0. The van der Waals surface area contributed by atoms with Gasteiger partial charge >= 0.3 is 11.9 Å². The van der Waals surface area contributed by atoms with Crippen LogP contribution in [0.15, 0.2) is 60.7 Å². The molecule has 2 aromatic carbocycles. The molecule has 0 amide bonds. The van der Waals surface area contributed by atoms with Gasteiger partial charge in [0.2, 0.25) is 0 Å². The minimum atomic E-state index is -3.14. The van der Waals surface area contributed by atoms with E-state index in [9.17, 15) is 14.4 Å². The Bertz CT molecular complexity index is 920. The maximum atomic E-state index is 13.0. The molecule has 35 heavy (non-hydrogen) atoms. The van der Waals surface area contributed by atoms with Crippen molar-refractivity contribution in [1.29, 1.82) is 0 Å². The highest BCUT2D eigenvalue weighted by Gasteiger charge is 2.52. The van der Waals surface area contributed by atoms with E-state index in [1.807, 2.05) is 67.6 Å². The van der Waals surface area contributed by atoms with Gasteiger partial charge in [0, 0.05) is 0 Å². The van der Waals surface area contributed by atoms with Gasteiger partial charge in [0.05, 0.1) is 25.6 Å². The average molecular weight is 497 g/mol. The third kappa shape index (κ3) is 6.04. The second-order valence-electron chi connectivity index (χ2n) is 10.5. The normalized spacial score (nSPS) is 20.8. The number of esters is 2. The summed E-state index contributed by atoms with van der Waals surface area (Å²) < 4.78 is 10.6. The van der Waals surface area contributed by atoms with Crippen molar-refractivity contribution in [3.05, 3.63) is 60.7 Å². The van der Waals surface area contributed by atoms with Crippen LogP contribution in [0.2, 0.25) is 5.04 Å². The number of ether oxygens (including phenoxy) is 2. The summed E-state index contributed by atoms with van der Waals surface area (Å²) in [5, 5.41) is 1.56. The third-order valence-electron chi connectivity index (χ3n) is 7.67. The largest absolute Gasteiger partial charge is 0.469 e. The fraction of sp³-hybridized carbons (Fsp3) is 0.517. The standard InChI is InChI=1S/C29H40O5Si/c1-5-6-19-34-28(31)26-20-22(17-18-25(26)27(30)33-4)21-29(2,3)35(32,23-13-9-7-10-14-23)24-15-11-8-12-16-24/h7-16,22,25-26,32H,5-6,17-21H2,1-4H3/t22-,25-,26-/m1/s1. The monoisotopic (exact) mass is 496 g/mol. The first-order valence-corrected chi connectivity index (χ1v) is 14.8. The lowest BCUT2D eigenvalue weighted by atomic mass is 9.71. The van der Waals surface area contributed by atoms with Gasteiger partial charge in [0.1, 0.15) is 0 Å². The Morgan fingerprint density at radius 2 is 1.51 bits per heavy atom. The Balaban J connectivity index is 1.87. The minimum Gasteiger partial charge on any atom is -0.469 e. The minimum absolute atomic E-state index is 0.195. The molecule has 1 aliphatic rings. The molecule has 1 fully saturated rings. The second-order valence-corrected chi connectivity index (χ2v) is 14.4. The van der Waals surface area contributed by atoms with Gasteiger partial charge in [-0.3, -0.25) is 9.59 Å². The number of benzene rings is 2. The van der Waals surface area contributed by atoms with Gasteiger partial charge in [-0.25, -0.2) is 0 Å². The SMILES string of the molecule is CCCCOC(=O)[C@@H]1C[C@H](CC(C)(C)[Si](O)(c2ccccc2)c2ccccc2)CC[C@H]1C(=O)OC. The summed E-state index contributed by atoms with van der Waals surface area (Å²) in [4.78, 5) is 37.9. The summed E-state index contributed by atoms with van der Waals surface area (Å²) in [6.45, 7) is 6.74. The van der Waals surface area contributed by atoms with Crippen LogP contribution in [0.4, 0.5) is 0 Å². The average Bonchev–Trinajstić information content (AvgIpc) is 2.88. The molecule has 6 heteroatoms. The van der Waals surface area contributed by atoms with Gasteiger partial charge in [-0.1, -0.05) is 87.9 Å². The van der Waals surface area contributed by atoms with Gasteiger partial charge in [0.15, 0.2) is 0 Å². The number of carbonyl (C=O) groups is 2. The van der Waals surface area contributed by atoms with Crippen LogP contribution in [0.25, 0.3) is 0 Å².